The van der Waals surface area contributed by atoms with Crippen LogP contribution in [0, 0.1) is 5.82 Å². The van der Waals surface area contributed by atoms with E-state index in [1.807, 2.05) is 19.1 Å². The Morgan fingerprint density at radius 3 is 2.40 bits per heavy atom. The Kier molecular flexibility index (Phi) is 4.74. The van der Waals surface area contributed by atoms with Crippen LogP contribution >= 0.6 is 15.9 Å². The summed E-state index contributed by atoms with van der Waals surface area (Å²) in [6.45, 7) is 2.84. The van der Waals surface area contributed by atoms with Crippen LogP contribution in [0.2, 0.25) is 0 Å². The summed E-state index contributed by atoms with van der Waals surface area (Å²) in [5.41, 5.74) is 2.06. The molecule has 0 aliphatic carbocycles. The molecule has 0 heterocycles. The van der Waals surface area contributed by atoms with Crippen molar-refractivity contribution in [3.05, 3.63) is 58.3 Å². The van der Waals surface area contributed by atoms with Gasteiger partial charge in [-0.3, -0.25) is 4.79 Å². The van der Waals surface area contributed by atoms with Crippen LogP contribution in [0.4, 0.5) is 15.8 Å². The van der Waals surface area contributed by atoms with Crippen molar-refractivity contribution >= 4 is 33.2 Å². The maximum absolute atomic E-state index is 13.1. The lowest BCUT2D eigenvalue weighted by atomic mass is 10.2. The van der Waals surface area contributed by atoms with Crippen LogP contribution in [0.3, 0.4) is 0 Å². The smallest absolute Gasteiger partial charge is 0.255 e. The number of hydrogen-bond acceptors (Lipinski definition) is 2. The number of rotatable bonds is 4. The lowest BCUT2D eigenvalue weighted by molar-refractivity contribution is 0.102. The third-order valence-corrected chi connectivity index (χ3v) is 3.31. The Morgan fingerprint density at radius 1 is 1.15 bits per heavy atom. The van der Waals surface area contributed by atoms with Crippen molar-refractivity contribution in [2.75, 3.05) is 17.2 Å². The lowest BCUT2D eigenvalue weighted by Gasteiger charge is -2.07. The topological polar surface area (TPSA) is 41.1 Å². The van der Waals surface area contributed by atoms with Gasteiger partial charge in [0.05, 0.1) is 4.47 Å². The van der Waals surface area contributed by atoms with Crippen molar-refractivity contribution in [3.8, 4) is 0 Å². The number of anilines is 2. The summed E-state index contributed by atoms with van der Waals surface area (Å²) in [6.07, 6.45) is 0. The van der Waals surface area contributed by atoms with E-state index in [4.69, 9.17) is 0 Å². The van der Waals surface area contributed by atoms with Gasteiger partial charge in [0.25, 0.3) is 5.91 Å². The van der Waals surface area contributed by atoms with Crippen LogP contribution < -0.4 is 10.6 Å². The molecule has 5 heteroatoms. The van der Waals surface area contributed by atoms with Gasteiger partial charge >= 0.3 is 0 Å². The van der Waals surface area contributed by atoms with Crippen LogP contribution in [-0.4, -0.2) is 12.5 Å². The minimum absolute atomic E-state index is 0.230. The van der Waals surface area contributed by atoms with E-state index in [9.17, 15) is 9.18 Å². The average molecular weight is 337 g/mol. The molecule has 0 unspecified atom stereocenters. The molecule has 2 N–H and O–H groups in total. The highest BCUT2D eigenvalue weighted by Gasteiger charge is 2.07. The minimum Gasteiger partial charge on any atom is -0.385 e. The molecule has 2 aromatic carbocycles. The Bertz CT molecular complexity index is 614. The lowest BCUT2D eigenvalue weighted by Crippen LogP contribution is -2.12. The molecule has 0 saturated carbocycles. The average Bonchev–Trinajstić information content (AvgIpc) is 2.44. The summed E-state index contributed by atoms with van der Waals surface area (Å²) in [6, 6.07) is 11.5. The molecule has 104 valence electrons. The second-order valence-electron chi connectivity index (χ2n) is 4.19. The normalized spacial score (nSPS) is 10.2. The molecular formula is C15H14BrFN2O. The molecule has 0 fully saturated rings. The summed E-state index contributed by atoms with van der Waals surface area (Å²) in [5, 5.41) is 5.88. The van der Waals surface area contributed by atoms with E-state index < -0.39 is 0 Å². The van der Waals surface area contributed by atoms with Crippen molar-refractivity contribution in [1.82, 2.24) is 0 Å². The maximum Gasteiger partial charge on any atom is 0.255 e. The Labute approximate surface area is 125 Å². The number of nitrogens with one attached hydrogen (secondary N) is 2. The predicted molar refractivity (Wildman–Crippen MR) is 82.7 cm³/mol. The largest absolute Gasteiger partial charge is 0.385 e. The number of halogens is 2. The van der Waals surface area contributed by atoms with E-state index in [0.717, 1.165) is 12.2 Å². The molecule has 0 radical (unpaired) electrons. The number of amides is 1. The van der Waals surface area contributed by atoms with E-state index in [0.29, 0.717) is 15.7 Å². The van der Waals surface area contributed by atoms with Crippen LogP contribution in [0.15, 0.2) is 46.9 Å². The monoisotopic (exact) mass is 336 g/mol. The van der Waals surface area contributed by atoms with Gasteiger partial charge in [0.15, 0.2) is 0 Å². The van der Waals surface area contributed by atoms with E-state index in [2.05, 4.69) is 26.6 Å². The van der Waals surface area contributed by atoms with Crippen molar-refractivity contribution in [2.45, 2.75) is 6.92 Å². The molecule has 2 aromatic rings. The van der Waals surface area contributed by atoms with Gasteiger partial charge in [-0.1, -0.05) is 0 Å². The first-order valence-electron chi connectivity index (χ1n) is 6.20. The van der Waals surface area contributed by atoms with E-state index >= 15 is 0 Å². The maximum atomic E-state index is 13.1. The number of benzene rings is 2. The number of carbonyl (C=O) groups excluding carboxylic acids is 1. The Balaban J connectivity index is 2.09. The molecular weight excluding hydrogens is 323 g/mol. The molecule has 0 aliphatic rings. The van der Waals surface area contributed by atoms with Crippen LogP contribution in [-0.2, 0) is 0 Å². The third-order valence-electron chi connectivity index (χ3n) is 2.71. The molecule has 3 nitrogen and oxygen atoms in total. The Morgan fingerprint density at radius 2 is 1.80 bits per heavy atom. The summed E-state index contributed by atoms with van der Waals surface area (Å²) in [7, 11) is 0. The molecule has 0 atom stereocenters. The first-order valence-corrected chi connectivity index (χ1v) is 7.00. The second kappa shape index (κ2) is 6.52. The summed E-state index contributed by atoms with van der Waals surface area (Å²) < 4.78 is 13.4. The molecule has 0 spiro atoms. The fourth-order valence-corrected chi connectivity index (χ4v) is 2.10. The zero-order chi connectivity index (χ0) is 14.5. The fraction of sp³-hybridized carbons (Fsp3) is 0.133. The molecule has 0 bridgehead atoms. The molecule has 0 saturated heterocycles. The summed E-state index contributed by atoms with van der Waals surface area (Å²) in [5.74, 6) is -0.593. The van der Waals surface area contributed by atoms with Crippen LogP contribution in [0.25, 0.3) is 0 Å². The fourth-order valence-electron chi connectivity index (χ4n) is 1.72. The van der Waals surface area contributed by atoms with Crippen molar-refractivity contribution < 1.29 is 9.18 Å². The van der Waals surface area contributed by atoms with Crippen LogP contribution in [0.5, 0.6) is 0 Å². The quantitative estimate of drug-likeness (QED) is 0.875. The number of carbonyl (C=O) groups is 1. The first kappa shape index (κ1) is 14.5. The van der Waals surface area contributed by atoms with Gasteiger partial charge < -0.3 is 10.6 Å². The molecule has 0 aliphatic heterocycles. The van der Waals surface area contributed by atoms with Gasteiger partial charge in [-0.15, -0.1) is 0 Å². The standard InChI is InChI=1S/C15H14BrFN2O/c1-2-18-11-5-3-10(4-6-11)15(20)19-12-7-8-14(17)13(16)9-12/h3-9,18H,2H2,1H3,(H,19,20). The van der Waals surface area contributed by atoms with Crippen molar-refractivity contribution in [1.29, 1.82) is 0 Å². The predicted octanol–water partition coefficient (Wildman–Crippen LogP) is 4.27. The van der Waals surface area contributed by atoms with E-state index in [-0.39, 0.29) is 11.7 Å². The van der Waals surface area contributed by atoms with Crippen molar-refractivity contribution in [2.24, 2.45) is 0 Å². The highest BCUT2D eigenvalue weighted by atomic mass is 79.9. The molecule has 20 heavy (non-hydrogen) atoms. The third kappa shape index (κ3) is 3.57. The van der Waals surface area contributed by atoms with Gasteiger partial charge in [0, 0.05) is 23.5 Å². The Hall–Kier alpha value is -1.88. The molecule has 2 rings (SSSR count). The summed E-state index contributed by atoms with van der Waals surface area (Å²) in [4.78, 5) is 12.0. The van der Waals surface area contributed by atoms with E-state index in [1.54, 1.807) is 12.1 Å². The summed E-state index contributed by atoms with van der Waals surface area (Å²) >= 11 is 3.08. The van der Waals surface area contributed by atoms with Gasteiger partial charge in [-0.05, 0) is 65.3 Å². The second-order valence-corrected chi connectivity index (χ2v) is 5.05. The van der Waals surface area contributed by atoms with Crippen LogP contribution in [0.1, 0.15) is 17.3 Å². The van der Waals surface area contributed by atoms with E-state index in [1.165, 1.54) is 18.2 Å². The van der Waals surface area contributed by atoms with Gasteiger partial charge in [0.2, 0.25) is 0 Å². The minimum atomic E-state index is -0.363. The molecule has 1 amide bonds. The number of hydrogen-bond donors (Lipinski definition) is 2. The first-order chi connectivity index (χ1) is 9.60. The highest BCUT2D eigenvalue weighted by molar-refractivity contribution is 9.10. The van der Waals surface area contributed by atoms with Crippen molar-refractivity contribution in [3.63, 3.8) is 0 Å². The molecule has 0 aromatic heterocycles. The highest BCUT2D eigenvalue weighted by Crippen LogP contribution is 2.20. The van der Waals surface area contributed by atoms with Gasteiger partial charge in [0.1, 0.15) is 5.82 Å². The van der Waals surface area contributed by atoms with Gasteiger partial charge in [-0.25, -0.2) is 4.39 Å². The SMILES string of the molecule is CCNc1ccc(C(=O)Nc2ccc(F)c(Br)c2)cc1. The van der Waals surface area contributed by atoms with Gasteiger partial charge in [-0.2, -0.15) is 0 Å². The zero-order valence-electron chi connectivity index (χ0n) is 10.9. The zero-order valence-corrected chi connectivity index (χ0v) is 12.5.